The van der Waals surface area contributed by atoms with Crippen LogP contribution >= 0.6 is 8.45 Å². The van der Waals surface area contributed by atoms with Crippen LogP contribution in [0.2, 0.25) is 0 Å². The lowest BCUT2D eigenvalue weighted by atomic mass is 10.4. The maximum atomic E-state index is 5.86. The lowest BCUT2D eigenvalue weighted by Crippen LogP contribution is -2.41. The number of nitrogens with one attached hydrogen (secondary N) is 1. The first-order chi connectivity index (χ1) is 5.84. The minimum absolute atomic E-state index is 0.564. The molecular formula is C7H17N3OP+. The van der Waals surface area contributed by atoms with E-state index >= 15 is 0 Å². The molecule has 70 valence electrons. The van der Waals surface area contributed by atoms with Gasteiger partial charge in [-0.3, -0.25) is 0 Å². The van der Waals surface area contributed by atoms with E-state index in [1.54, 1.807) is 6.08 Å². The van der Waals surface area contributed by atoms with Crippen molar-refractivity contribution < 1.29 is 4.52 Å². The maximum Gasteiger partial charge on any atom is 0.272 e. The summed E-state index contributed by atoms with van der Waals surface area (Å²) >= 11 is 0. The zero-order valence-electron chi connectivity index (χ0n) is 7.25. The molecule has 0 saturated carbocycles. The van der Waals surface area contributed by atoms with Crippen LogP contribution in [0.3, 0.4) is 0 Å². The third kappa shape index (κ3) is 3.17. The topological polar surface area (TPSA) is 50.5 Å². The van der Waals surface area contributed by atoms with Crippen molar-refractivity contribution in [1.29, 1.82) is 0 Å². The Morgan fingerprint density at radius 3 is 2.83 bits per heavy atom. The van der Waals surface area contributed by atoms with Crippen molar-refractivity contribution in [1.82, 2.24) is 9.99 Å². The minimum atomic E-state index is -1.23. The number of piperazine rings is 1. The van der Waals surface area contributed by atoms with Crippen molar-refractivity contribution in [2.24, 2.45) is 5.50 Å². The Hall–Kier alpha value is 0.0100. The molecular weight excluding hydrogens is 173 g/mol. The summed E-state index contributed by atoms with van der Waals surface area (Å²) in [6.07, 6.45) is 1.74. The highest BCUT2D eigenvalue weighted by Crippen LogP contribution is 2.32. The third-order valence-electron chi connectivity index (χ3n) is 1.78. The van der Waals surface area contributed by atoms with Crippen LogP contribution < -0.4 is 10.8 Å². The molecule has 4 nitrogen and oxygen atoms in total. The summed E-state index contributed by atoms with van der Waals surface area (Å²) in [7, 11) is -1.23. The fraction of sp³-hybridized carbons (Fsp3) is 0.714. The van der Waals surface area contributed by atoms with Gasteiger partial charge >= 0.3 is 0 Å². The van der Waals surface area contributed by atoms with Crippen LogP contribution in [0.15, 0.2) is 12.7 Å². The maximum absolute atomic E-state index is 5.86. The lowest BCUT2D eigenvalue weighted by molar-refractivity contribution is 0.312. The molecule has 0 aliphatic carbocycles. The van der Waals surface area contributed by atoms with Gasteiger partial charge in [0, 0.05) is 26.2 Å². The highest BCUT2D eigenvalue weighted by molar-refractivity contribution is 7.47. The fourth-order valence-corrected chi connectivity index (χ4v) is 2.26. The molecule has 0 spiro atoms. The molecule has 0 aromatic heterocycles. The lowest BCUT2D eigenvalue weighted by Gasteiger charge is -2.24. The van der Waals surface area contributed by atoms with Gasteiger partial charge in [0.2, 0.25) is 0 Å². The summed E-state index contributed by atoms with van der Waals surface area (Å²) in [4.78, 5) is 0. The summed E-state index contributed by atoms with van der Waals surface area (Å²) in [6, 6.07) is 0. The van der Waals surface area contributed by atoms with Crippen molar-refractivity contribution in [3.05, 3.63) is 12.7 Å². The van der Waals surface area contributed by atoms with Gasteiger partial charge in [0.1, 0.15) is 6.61 Å². The molecule has 0 aromatic carbocycles. The molecule has 12 heavy (non-hydrogen) atoms. The van der Waals surface area contributed by atoms with Crippen LogP contribution in [0, 0.1) is 0 Å². The van der Waals surface area contributed by atoms with Crippen molar-refractivity contribution in [3.63, 3.8) is 0 Å². The van der Waals surface area contributed by atoms with E-state index in [4.69, 9.17) is 10.0 Å². The predicted molar refractivity (Wildman–Crippen MR) is 53.1 cm³/mol. The van der Waals surface area contributed by atoms with Gasteiger partial charge in [-0.05, 0) is 0 Å². The normalized spacial score (nSPS) is 22.1. The Morgan fingerprint density at radius 1 is 1.58 bits per heavy atom. The monoisotopic (exact) mass is 190 g/mol. The molecule has 5 heteroatoms. The van der Waals surface area contributed by atoms with Crippen molar-refractivity contribution in [3.8, 4) is 0 Å². The van der Waals surface area contributed by atoms with Gasteiger partial charge in [0.05, 0.1) is 0 Å². The van der Waals surface area contributed by atoms with Crippen LogP contribution in [0.4, 0.5) is 0 Å². The first-order valence-corrected chi connectivity index (χ1v) is 5.59. The van der Waals surface area contributed by atoms with Crippen molar-refractivity contribution in [2.75, 3.05) is 32.8 Å². The molecule has 1 aliphatic heterocycles. The number of hydrogen-bond donors (Lipinski definition) is 2. The molecule has 0 bridgehead atoms. The first kappa shape index (κ1) is 10.1. The van der Waals surface area contributed by atoms with E-state index in [2.05, 4.69) is 16.6 Å². The van der Waals surface area contributed by atoms with Crippen LogP contribution in [-0.4, -0.2) is 37.5 Å². The fourth-order valence-electron chi connectivity index (χ4n) is 1.12. The van der Waals surface area contributed by atoms with Crippen LogP contribution in [0.25, 0.3) is 0 Å². The Bertz CT molecular complexity index is 139. The zero-order chi connectivity index (χ0) is 8.81. The first-order valence-electron chi connectivity index (χ1n) is 4.16. The van der Waals surface area contributed by atoms with Crippen LogP contribution in [0.1, 0.15) is 0 Å². The average Bonchev–Trinajstić information content (AvgIpc) is 2.15. The van der Waals surface area contributed by atoms with Crippen molar-refractivity contribution >= 4 is 8.45 Å². The molecule has 0 amide bonds. The summed E-state index contributed by atoms with van der Waals surface area (Å²) in [5, 5.41) is 3.27. The predicted octanol–water partition coefficient (Wildman–Crippen LogP) is 0.0121. The second-order valence-corrected chi connectivity index (χ2v) is 4.27. The second kappa shape index (κ2) is 5.62. The Balaban J connectivity index is 2.19. The van der Waals surface area contributed by atoms with Gasteiger partial charge in [-0.1, -0.05) is 6.08 Å². The minimum Gasteiger partial charge on any atom is -0.314 e. The number of hydrogen-bond acceptors (Lipinski definition) is 4. The highest BCUT2D eigenvalue weighted by Gasteiger charge is 2.23. The number of rotatable bonds is 4. The van der Waals surface area contributed by atoms with E-state index in [0.717, 1.165) is 26.2 Å². The average molecular weight is 190 g/mol. The third-order valence-corrected chi connectivity index (χ3v) is 3.31. The van der Waals surface area contributed by atoms with E-state index in [9.17, 15) is 0 Å². The molecule has 1 fully saturated rings. The second-order valence-electron chi connectivity index (χ2n) is 2.67. The van der Waals surface area contributed by atoms with E-state index in [-0.39, 0.29) is 0 Å². The standard InChI is InChI=1S/C7H16N3OP/c1-2-7-11-12(8)10-5-3-9-4-6-10/h2,8-9,12H,1,3-7H2/p+1. The molecule has 3 N–H and O–H groups in total. The van der Waals surface area contributed by atoms with Crippen LogP contribution in [0.5, 0.6) is 0 Å². The van der Waals surface area contributed by atoms with E-state index in [1.807, 2.05) is 0 Å². The van der Waals surface area contributed by atoms with E-state index in [1.165, 1.54) is 0 Å². The molecule has 1 atom stereocenters. The summed E-state index contributed by atoms with van der Waals surface area (Å²) < 4.78 is 7.60. The van der Waals surface area contributed by atoms with Gasteiger partial charge in [-0.15, -0.1) is 11.2 Å². The number of nitrogens with zero attached hydrogens (tertiary/aromatic N) is 1. The molecule has 1 unspecified atom stereocenters. The summed E-state index contributed by atoms with van der Waals surface area (Å²) in [5.41, 5.74) is 5.86. The van der Waals surface area contributed by atoms with E-state index in [0.29, 0.717) is 6.61 Å². The van der Waals surface area contributed by atoms with Gasteiger partial charge in [-0.2, -0.15) is 10.0 Å². The quantitative estimate of drug-likeness (QED) is 0.484. The molecule has 1 saturated heterocycles. The number of nitrogens with two attached hydrogens (primary N) is 1. The SMILES string of the molecule is C=CCO[PH+](N)N1CCNCC1. The van der Waals surface area contributed by atoms with Gasteiger partial charge in [-0.25, -0.2) is 0 Å². The van der Waals surface area contributed by atoms with E-state index < -0.39 is 8.45 Å². The largest absolute Gasteiger partial charge is 0.314 e. The molecule has 1 heterocycles. The summed E-state index contributed by atoms with van der Waals surface area (Å²) in [6.45, 7) is 8.18. The Labute approximate surface area is 74.7 Å². The Kier molecular flexibility index (Phi) is 4.73. The van der Waals surface area contributed by atoms with Gasteiger partial charge in [0.15, 0.2) is 0 Å². The molecule has 1 rings (SSSR count). The highest BCUT2D eigenvalue weighted by atomic mass is 31.2. The van der Waals surface area contributed by atoms with Gasteiger partial charge in [0.25, 0.3) is 8.45 Å². The molecule has 0 radical (unpaired) electrons. The smallest absolute Gasteiger partial charge is 0.272 e. The zero-order valence-corrected chi connectivity index (χ0v) is 8.25. The molecule has 0 aromatic rings. The van der Waals surface area contributed by atoms with Crippen molar-refractivity contribution in [2.45, 2.75) is 0 Å². The van der Waals surface area contributed by atoms with Gasteiger partial charge < -0.3 is 5.32 Å². The molecule has 1 aliphatic rings. The van der Waals surface area contributed by atoms with Crippen LogP contribution in [-0.2, 0) is 4.52 Å². The Morgan fingerprint density at radius 2 is 2.25 bits per heavy atom. The summed E-state index contributed by atoms with van der Waals surface area (Å²) in [5.74, 6) is 0.